The fourth-order valence-electron chi connectivity index (χ4n) is 2.05. The molecule has 0 aliphatic rings. The molecule has 0 atom stereocenters. The predicted molar refractivity (Wildman–Crippen MR) is 83.2 cm³/mol. The number of nitrogens with two attached hydrogens (primary N) is 1. The van der Waals surface area contributed by atoms with E-state index in [2.05, 4.69) is 4.98 Å². The lowest BCUT2D eigenvalue weighted by Crippen LogP contribution is -2.06. The van der Waals surface area contributed by atoms with Gasteiger partial charge < -0.3 is 20.1 Å². The lowest BCUT2D eigenvalue weighted by Gasteiger charge is -2.04. The number of carboxylic acids is 1. The number of aromatic nitrogens is 2. The smallest absolute Gasteiger partial charge is 0.331 e. The topological polar surface area (TPSA) is 90.4 Å². The number of hydrogen-bond donors (Lipinski definition) is 2. The minimum absolute atomic E-state index is 0.270. The molecule has 0 saturated heterocycles. The van der Waals surface area contributed by atoms with Gasteiger partial charge in [0.05, 0.1) is 24.8 Å². The number of carbonyl (C=O) groups is 1. The number of methoxy groups -OCH3 is 1. The highest BCUT2D eigenvalue weighted by atomic mass is 16.5. The van der Waals surface area contributed by atoms with Crippen molar-refractivity contribution in [1.82, 2.24) is 9.55 Å². The normalized spacial score (nSPS) is 11.5. The van der Waals surface area contributed by atoms with Gasteiger partial charge in [-0.1, -0.05) is 12.1 Å². The maximum atomic E-state index is 11.2. The summed E-state index contributed by atoms with van der Waals surface area (Å²) < 4.78 is 7.02. The summed E-state index contributed by atoms with van der Waals surface area (Å²) in [6.07, 6.45) is 5.93. The second kappa shape index (κ2) is 7.42. The zero-order valence-electron chi connectivity index (χ0n) is 12.4. The van der Waals surface area contributed by atoms with Crippen LogP contribution < -0.4 is 10.5 Å². The van der Waals surface area contributed by atoms with Gasteiger partial charge >= 0.3 is 5.97 Å². The molecular weight excluding hydrogens is 282 g/mol. The molecule has 6 nitrogen and oxygen atoms in total. The maximum Gasteiger partial charge on any atom is 0.331 e. The van der Waals surface area contributed by atoms with Crippen molar-refractivity contribution in [2.75, 3.05) is 13.7 Å². The van der Waals surface area contributed by atoms with Crippen molar-refractivity contribution in [3.05, 3.63) is 54.1 Å². The van der Waals surface area contributed by atoms with Crippen LogP contribution in [0.1, 0.15) is 12.1 Å². The molecule has 0 radical (unpaired) electrons. The molecular formula is C16H19N3O3. The molecule has 22 heavy (non-hydrogen) atoms. The van der Waals surface area contributed by atoms with Crippen molar-refractivity contribution in [3.63, 3.8) is 0 Å². The zero-order valence-corrected chi connectivity index (χ0v) is 12.4. The van der Waals surface area contributed by atoms with Crippen molar-refractivity contribution in [2.24, 2.45) is 5.73 Å². The van der Waals surface area contributed by atoms with Crippen LogP contribution in [-0.2, 0) is 11.2 Å². The van der Waals surface area contributed by atoms with Crippen LogP contribution in [-0.4, -0.2) is 34.3 Å². The van der Waals surface area contributed by atoms with E-state index in [0.29, 0.717) is 24.2 Å². The van der Waals surface area contributed by atoms with Gasteiger partial charge in [-0.05, 0) is 25.1 Å². The van der Waals surface area contributed by atoms with E-state index in [4.69, 9.17) is 10.5 Å². The molecule has 0 fully saturated rings. The standard InChI is InChI=1S/C16H19N3O3/c1-22-15-6-2-5-14(9-15)19-10-13(18-11-19)8-12(16(20)21)4-3-7-17/h2,4-6,9-11H,3,7-8,17H2,1H3,(H,20,21)/b12-4-. The molecule has 1 heterocycles. The Morgan fingerprint density at radius 2 is 2.32 bits per heavy atom. The van der Waals surface area contributed by atoms with Gasteiger partial charge in [-0.3, -0.25) is 0 Å². The first kappa shape index (κ1) is 15.8. The fraction of sp³-hybridized carbons (Fsp3) is 0.250. The third-order valence-corrected chi connectivity index (χ3v) is 3.19. The molecule has 2 aromatic rings. The monoisotopic (exact) mass is 301 g/mol. The maximum absolute atomic E-state index is 11.2. The first-order valence-electron chi connectivity index (χ1n) is 6.93. The van der Waals surface area contributed by atoms with Gasteiger partial charge in [0.1, 0.15) is 5.75 Å². The number of carboxylic acid groups (broad SMARTS) is 1. The summed E-state index contributed by atoms with van der Waals surface area (Å²) in [7, 11) is 1.61. The highest BCUT2D eigenvalue weighted by molar-refractivity contribution is 5.86. The Morgan fingerprint density at radius 1 is 1.50 bits per heavy atom. The average molecular weight is 301 g/mol. The van der Waals surface area contributed by atoms with Crippen LogP contribution in [0.5, 0.6) is 5.75 Å². The van der Waals surface area contributed by atoms with Crippen LogP contribution in [0, 0.1) is 0 Å². The number of hydrogen-bond acceptors (Lipinski definition) is 4. The first-order valence-corrected chi connectivity index (χ1v) is 6.93. The molecule has 116 valence electrons. The second-order valence-corrected chi connectivity index (χ2v) is 4.76. The molecule has 0 unspecified atom stereocenters. The van der Waals surface area contributed by atoms with Crippen LogP contribution in [0.4, 0.5) is 0 Å². The Labute approximate surface area is 128 Å². The van der Waals surface area contributed by atoms with E-state index in [9.17, 15) is 9.90 Å². The minimum Gasteiger partial charge on any atom is -0.497 e. The molecule has 1 aromatic carbocycles. The summed E-state index contributed by atoms with van der Waals surface area (Å²) in [4.78, 5) is 15.5. The lowest BCUT2D eigenvalue weighted by molar-refractivity contribution is -0.132. The number of imidazole rings is 1. The van der Waals surface area contributed by atoms with Crippen LogP contribution in [0.3, 0.4) is 0 Å². The number of rotatable bonds is 7. The third kappa shape index (κ3) is 3.95. The van der Waals surface area contributed by atoms with Gasteiger partial charge in [-0.15, -0.1) is 0 Å². The number of ether oxygens (including phenoxy) is 1. The molecule has 0 bridgehead atoms. The Morgan fingerprint density at radius 3 is 3.00 bits per heavy atom. The molecule has 0 aliphatic heterocycles. The molecule has 0 amide bonds. The van der Waals surface area contributed by atoms with E-state index >= 15 is 0 Å². The first-order chi connectivity index (χ1) is 10.6. The van der Waals surface area contributed by atoms with E-state index in [1.54, 1.807) is 19.5 Å². The third-order valence-electron chi connectivity index (χ3n) is 3.19. The zero-order chi connectivity index (χ0) is 15.9. The molecule has 6 heteroatoms. The summed E-state index contributed by atoms with van der Waals surface area (Å²) in [6.45, 7) is 0.426. The van der Waals surface area contributed by atoms with Crippen molar-refractivity contribution < 1.29 is 14.6 Å². The van der Waals surface area contributed by atoms with Gasteiger partial charge in [0.15, 0.2) is 0 Å². The average Bonchev–Trinajstić information content (AvgIpc) is 3.00. The summed E-state index contributed by atoms with van der Waals surface area (Å²) in [5.74, 6) is -0.189. The van der Waals surface area contributed by atoms with Crippen LogP contribution in [0.25, 0.3) is 5.69 Å². The van der Waals surface area contributed by atoms with E-state index in [0.717, 1.165) is 11.4 Å². The Bertz CT molecular complexity index is 677. The summed E-state index contributed by atoms with van der Waals surface area (Å²) in [5, 5.41) is 9.19. The highest BCUT2D eigenvalue weighted by Gasteiger charge is 2.10. The quantitative estimate of drug-likeness (QED) is 0.761. The van der Waals surface area contributed by atoms with E-state index in [1.165, 1.54) is 0 Å². The number of benzene rings is 1. The fourth-order valence-corrected chi connectivity index (χ4v) is 2.05. The molecule has 0 saturated carbocycles. The van der Waals surface area contributed by atoms with Crippen molar-refractivity contribution in [3.8, 4) is 11.4 Å². The Hall–Kier alpha value is -2.60. The molecule has 1 aromatic heterocycles. The van der Waals surface area contributed by atoms with E-state index < -0.39 is 5.97 Å². The number of aliphatic carboxylic acids is 1. The number of nitrogens with zero attached hydrogens (tertiary/aromatic N) is 2. The molecule has 0 spiro atoms. The van der Waals surface area contributed by atoms with Crippen molar-refractivity contribution in [1.29, 1.82) is 0 Å². The largest absolute Gasteiger partial charge is 0.497 e. The Kier molecular flexibility index (Phi) is 5.32. The van der Waals surface area contributed by atoms with Crippen molar-refractivity contribution >= 4 is 5.97 Å². The molecule has 0 aliphatic carbocycles. The van der Waals surface area contributed by atoms with Crippen LogP contribution in [0.15, 0.2) is 48.4 Å². The van der Waals surface area contributed by atoms with Gasteiger partial charge in [0.25, 0.3) is 0 Å². The lowest BCUT2D eigenvalue weighted by atomic mass is 10.1. The highest BCUT2D eigenvalue weighted by Crippen LogP contribution is 2.17. The van der Waals surface area contributed by atoms with Crippen molar-refractivity contribution in [2.45, 2.75) is 12.8 Å². The predicted octanol–water partition coefficient (Wildman–Crippen LogP) is 1.78. The second-order valence-electron chi connectivity index (χ2n) is 4.76. The Balaban J connectivity index is 2.18. The SMILES string of the molecule is COc1cccc(-n2cnc(C/C(=C/CCN)C(=O)O)c2)c1. The van der Waals surface area contributed by atoms with Gasteiger partial charge in [-0.25, -0.2) is 9.78 Å². The van der Waals surface area contributed by atoms with Gasteiger partial charge in [0, 0.05) is 24.3 Å². The van der Waals surface area contributed by atoms with Gasteiger partial charge in [-0.2, -0.15) is 0 Å². The van der Waals surface area contributed by atoms with E-state index in [-0.39, 0.29) is 6.42 Å². The summed E-state index contributed by atoms with van der Waals surface area (Å²) in [6, 6.07) is 7.56. The summed E-state index contributed by atoms with van der Waals surface area (Å²) in [5.41, 5.74) is 7.31. The van der Waals surface area contributed by atoms with Crippen LogP contribution >= 0.6 is 0 Å². The van der Waals surface area contributed by atoms with E-state index in [1.807, 2.05) is 35.0 Å². The molecule has 2 rings (SSSR count). The van der Waals surface area contributed by atoms with Gasteiger partial charge in [0.2, 0.25) is 0 Å². The molecule has 3 N–H and O–H groups in total. The minimum atomic E-state index is -0.940. The van der Waals surface area contributed by atoms with Crippen LogP contribution in [0.2, 0.25) is 0 Å². The summed E-state index contributed by atoms with van der Waals surface area (Å²) >= 11 is 0.